The van der Waals surface area contributed by atoms with E-state index in [1.807, 2.05) is 24.3 Å². The van der Waals surface area contributed by atoms with Crippen molar-refractivity contribution < 1.29 is 4.42 Å². The number of para-hydroxylation sites is 1. The van der Waals surface area contributed by atoms with Gasteiger partial charge in [-0.3, -0.25) is 0 Å². The fourth-order valence-electron chi connectivity index (χ4n) is 6.66. The number of nitrogens with zero attached hydrogens (tertiary/aromatic N) is 2. The van der Waals surface area contributed by atoms with E-state index in [1.54, 1.807) is 0 Å². The molecule has 0 fully saturated rings. The van der Waals surface area contributed by atoms with E-state index in [1.165, 1.54) is 0 Å². The lowest BCUT2D eigenvalue weighted by atomic mass is 9.93. The lowest BCUT2D eigenvalue weighted by Gasteiger charge is -2.14. The van der Waals surface area contributed by atoms with Gasteiger partial charge in [0.05, 0.1) is 11.4 Å². The quantitative estimate of drug-likeness (QED) is 0.184. The molecule has 230 valence electrons. The molecule has 49 heavy (non-hydrogen) atoms. The molecule has 9 aromatic rings. The average molecular weight is 627 g/mol. The highest BCUT2D eigenvalue weighted by molar-refractivity contribution is 6.06. The van der Waals surface area contributed by atoms with Crippen molar-refractivity contribution in [2.75, 3.05) is 0 Å². The van der Waals surface area contributed by atoms with Crippen LogP contribution in [0.5, 0.6) is 0 Å². The van der Waals surface area contributed by atoms with Crippen molar-refractivity contribution in [1.29, 1.82) is 0 Å². The Morgan fingerprint density at radius 1 is 0.306 bits per heavy atom. The second-order valence-electron chi connectivity index (χ2n) is 12.2. The molecule has 2 aromatic heterocycles. The van der Waals surface area contributed by atoms with Crippen LogP contribution in [0.25, 0.3) is 89.2 Å². The number of benzene rings is 7. The number of fused-ring (bicyclic) bond motifs is 3. The molecule has 0 N–H and O–H groups in total. The van der Waals surface area contributed by atoms with Gasteiger partial charge < -0.3 is 4.42 Å². The van der Waals surface area contributed by atoms with Crippen LogP contribution in [0.4, 0.5) is 0 Å². The summed E-state index contributed by atoms with van der Waals surface area (Å²) in [5, 5.41) is 2.22. The molecule has 0 saturated carbocycles. The van der Waals surface area contributed by atoms with Crippen molar-refractivity contribution in [2.45, 2.75) is 0 Å². The summed E-state index contributed by atoms with van der Waals surface area (Å²) in [6.07, 6.45) is 0. The van der Waals surface area contributed by atoms with Gasteiger partial charge in [0.25, 0.3) is 0 Å². The van der Waals surface area contributed by atoms with E-state index in [4.69, 9.17) is 14.4 Å². The van der Waals surface area contributed by atoms with Crippen LogP contribution in [0.15, 0.2) is 186 Å². The Bertz CT molecular complexity index is 2590. The van der Waals surface area contributed by atoms with Crippen LogP contribution in [0.1, 0.15) is 0 Å². The fourth-order valence-corrected chi connectivity index (χ4v) is 6.66. The van der Waals surface area contributed by atoms with Crippen molar-refractivity contribution in [1.82, 2.24) is 9.97 Å². The Hall–Kier alpha value is -6.58. The molecule has 3 heteroatoms. The first-order valence-corrected chi connectivity index (χ1v) is 16.5. The first-order chi connectivity index (χ1) is 24.3. The summed E-state index contributed by atoms with van der Waals surface area (Å²) in [5.41, 5.74) is 13.3. The molecule has 9 rings (SSSR count). The largest absolute Gasteiger partial charge is 0.456 e. The summed E-state index contributed by atoms with van der Waals surface area (Å²) >= 11 is 0. The minimum atomic E-state index is 0.689. The minimum Gasteiger partial charge on any atom is -0.456 e. The van der Waals surface area contributed by atoms with Crippen LogP contribution >= 0.6 is 0 Å². The van der Waals surface area contributed by atoms with Gasteiger partial charge in [-0.25, -0.2) is 9.97 Å². The highest BCUT2D eigenvalue weighted by Crippen LogP contribution is 2.38. The van der Waals surface area contributed by atoms with Crippen molar-refractivity contribution in [2.24, 2.45) is 0 Å². The topological polar surface area (TPSA) is 38.9 Å². The van der Waals surface area contributed by atoms with Gasteiger partial charge in [0, 0.05) is 27.5 Å². The molecule has 0 amide bonds. The molecule has 0 saturated heterocycles. The van der Waals surface area contributed by atoms with E-state index < -0.39 is 0 Å². The monoisotopic (exact) mass is 626 g/mol. The van der Waals surface area contributed by atoms with Gasteiger partial charge in [0.2, 0.25) is 0 Å². The maximum Gasteiger partial charge on any atom is 0.161 e. The zero-order valence-corrected chi connectivity index (χ0v) is 26.6. The Balaban J connectivity index is 1.27. The molecule has 7 aromatic carbocycles. The number of furan rings is 1. The first-order valence-electron chi connectivity index (χ1n) is 16.5. The van der Waals surface area contributed by atoms with Crippen LogP contribution in [0, 0.1) is 0 Å². The van der Waals surface area contributed by atoms with E-state index in [0.29, 0.717) is 5.82 Å². The summed E-state index contributed by atoms with van der Waals surface area (Å²) in [5.74, 6) is 0.689. The molecule has 0 aliphatic heterocycles. The van der Waals surface area contributed by atoms with Gasteiger partial charge in [0.15, 0.2) is 5.82 Å². The van der Waals surface area contributed by atoms with E-state index in [-0.39, 0.29) is 0 Å². The average Bonchev–Trinajstić information content (AvgIpc) is 3.57. The normalized spacial score (nSPS) is 11.3. The van der Waals surface area contributed by atoms with Crippen molar-refractivity contribution in [3.63, 3.8) is 0 Å². The van der Waals surface area contributed by atoms with Gasteiger partial charge in [-0.15, -0.1) is 0 Å². The molecule has 0 bridgehead atoms. The van der Waals surface area contributed by atoms with Crippen LogP contribution in [-0.2, 0) is 0 Å². The predicted octanol–water partition coefficient (Wildman–Crippen LogP) is 12.4. The SMILES string of the molecule is c1ccc(-c2cc(-c3ccc4oc5ccccc5c4c3)cc(-c3cc(-c4ccccc4)nc(-c4ccccc4-c4ccccc4)n3)c2)cc1. The standard InChI is InChI=1S/C46H30N2O/c1-4-14-31(15-5-1)35-26-36(34-24-25-45-41(29-34)39-21-12-13-23-44(39)49-45)28-37(27-35)43-30-42(33-18-8-3-9-19-33)47-46(48-43)40-22-11-10-20-38(40)32-16-6-2-7-17-32/h1-30H. The van der Waals surface area contributed by atoms with Crippen LogP contribution in [0.3, 0.4) is 0 Å². The molecule has 0 unspecified atom stereocenters. The van der Waals surface area contributed by atoms with Crippen LogP contribution in [-0.4, -0.2) is 9.97 Å². The lowest BCUT2D eigenvalue weighted by Crippen LogP contribution is -1.98. The number of aromatic nitrogens is 2. The van der Waals surface area contributed by atoms with Gasteiger partial charge >= 0.3 is 0 Å². The summed E-state index contributed by atoms with van der Waals surface area (Å²) in [6, 6.07) is 63.3. The zero-order valence-electron chi connectivity index (χ0n) is 26.6. The van der Waals surface area contributed by atoms with Gasteiger partial charge in [0.1, 0.15) is 11.2 Å². The molecule has 0 atom stereocenters. The van der Waals surface area contributed by atoms with Crippen molar-refractivity contribution in [3.8, 4) is 67.3 Å². The molecule has 0 radical (unpaired) electrons. The van der Waals surface area contributed by atoms with Crippen LogP contribution < -0.4 is 0 Å². The Labute approximate surface area is 284 Å². The zero-order chi connectivity index (χ0) is 32.6. The highest BCUT2D eigenvalue weighted by atomic mass is 16.3. The maximum atomic E-state index is 6.16. The molecule has 0 spiro atoms. The van der Waals surface area contributed by atoms with Gasteiger partial charge in [-0.2, -0.15) is 0 Å². The minimum absolute atomic E-state index is 0.689. The maximum absolute atomic E-state index is 6.16. The Kier molecular flexibility index (Phi) is 7.14. The summed E-state index contributed by atoms with van der Waals surface area (Å²) in [4.78, 5) is 10.5. The Morgan fingerprint density at radius 3 is 1.57 bits per heavy atom. The first kappa shape index (κ1) is 28.6. The van der Waals surface area contributed by atoms with Crippen molar-refractivity contribution >= 4 is 21.9 Å². The van der Waals surface area contributed by atoms with Crippen LogP contribution in [0.2, 0.25) is 0 Å². The van der Waals surface area contributed by atoms with Gasteiger partial charge in [-0.1, -0.05) is 140 Å². The molecule has 0 aliphatic rings. The highest BCUT2D eigenvalue weighted by Gasteiger charge is 2.16. The summed E-state index contributed by atoms with van der Waals surface area (Å²) in [6.45, 7) is 0. The molecular weight excluding hydrogens is 597 g/mol. The molecule has 0 aliphatic carbocycles. The second kappa shape index (κ2) is 12.2. The van der Waals surface area contributed by atoms with E-state index in [0.717, 1.165) is 83.4 Å². The van der Waals surface area contributed by atoms with Crippen molar-refractivity contribution in [3.05, 3.63) is 182 Å². The Morgan fingerprint density at radius 2 is 0.837 bits per heavy atom. The third-order valence-electron chi connectivity index (χ3n) is 9.09. The number of rotatable bonds is 6. The van der Waals surface area contributed by atoms with E-state index >= 15 is 0 Å². The molecule has 2 heterocycles. The smallest absolute Gasteiger partial charge is 0.161 e. The number of hydrogen-bond acceptors (Lipinski definition) is 3. The third kappa shape index (κ3) is 5.48. The third-order valence-corrected chi connectivity index (χ3v) is 9.09. The fraction of sp³-hybridized carbons (Fsp3) is 0. The van der Waals surface area contributed by atoms with Gasteiger partial charge in [-0.05, 0) is 75.8 Å². The predicted molar refractivity (Wildman–Crippen MR) is 202 cm³/mol. The summed E-state index contributed by atoms with van der Waals surface area (Å²) < 4.78 is 6.16. The lowest BCUT2D eigenvalue weighted by molar-refractivity contribution is 0.669. The second-order valence-corrected chi connectivity index (χ2v) is 12.2. The van der Waals surface area contributed by atoms with E-state index in [9.17, 15) is 0 Å². The number of hydrogen-bond donors (Lipinski definition) is 0. The van der Waals surface area contributed by atoms with E-state index in [2.05, 4.69) is 158 Å². The molecule has 3 nitrogen and oxygen atoms in total. The molecular formula is C46H30N2O. The summed E-state index contributed by atoms with van der Waals surface area (Å²) in [7, 11) is 0.